The van der Waals surface area contributed by atoms with E-state index >= 15 is 0 Å². The van der Waals surface area contributed by atoms with Gasteiger partial charge in [0.05, 0.1) is 12.6 Å². The zero-order chi connectivity index (χ0) is 13.8. The minimum Gasteiger partial charge on any atom is -0.394 e. The van der Waals surface area contributed by atoms with Crippen molar-refractivity contribution in [2.24, 2.45) is 4.99 Å². The van der Waals surface area contributed by atoms with Gasteiger partial charge in [-0.2, -0.15) is 0 Å². The van der Waals surface area contributed by atoms with Crippen LogP contribution in [0.15, 0.2) is 47.5 Å². The smallest absolute Gasteiger partial charge is 0.0770 e. The molecule has 1 aromatic carbocycles. The third kappa shape index (κ3) is 7.58. The van der Waals surface area contributed by atoms with Gasteiger partial charge in [-0.25, -0.2) is 0 Å². The van der Waals surface area contributed by atoms with Gasteiger partial charge < -0.3 is 5.11 Å². The van der Waals surface area contributed by atoms with Crippen LogP contribution in [0.5, 0.6) is 0 Å². The maximum atomic E-state index is 9.32. The lowest BCUT2D eigenvalue weighted by molar-refractivity contribution is 0.266. The maximum absolute atomic E-state index is 9.32. The van der Waals surface area contributed by atoms with Crippen molar-refractivity contribution in [1.29, 1.82) is 0 Å². The fourth-order valence-electron chi connectivity index (χ4n) is 1.89. The van der Waals surface area contributed by atoms with Gasteiger partial charge in [0.1, 0.15) is 0 Å². The first-order valence-corrected chi connectivity index (χ1v) is 7.20. The first-order valence-electron chi connectivity index (χ1n) is 7.20. The molecule has 0 spiro atoms. The van der Waals surface area contributed by atoms with E-state index in [1.165, 1.54) is 24.8 Å². The fraction of sp³-hybridized carbons (Fsp3) is 0.471. The molecule has 0 fully saturated rings. The van der Waals surface area contributed by atoms with E-state index < -0.39 is 0 Å². The van der Waals surface area contributed by atoms with Crippen molar-refractivity contribution in [3.05, 3.63) is 48.0 Å². The van der Waals surface area contributed by atoms with Crippen LogP contribution in [0, 0.1) is 0 Å². The van der Waals surface area contributed by atoms with Crippen molar-refractivity contribution < 1.29 is 5.11 Å². The molecule has 0 heterocycles. The highest BCUT2D eigenvalue weighted by Gasteiger charge is 2.04. The normalized spacial score (nSPS) is 13.4. The summed E-state index contributed by atoms with van der Waals surface area (Å²) in [6, 6.07) is 10.1. The van der Waals surface area contributed by atoms with E-state index in [1.807, 2.05) is 30.5 Å². The lowest BCUT2D eigenvalue weighted by Gasteiger charge is -2.08. The van der Waals surface area contributed by atoms with Gasteiger partial charge in [-0.1, -0.05) is 56.2 Å². The van der Waals surface area contributed by atoms with Crippen LogP contribution >= 0.6 is 0 Å². The van der Waals surface area contributed by atoms with Gasteiger partial charge in [0.15, 0.2) is 0 Å². The summed E-state index contributed by atoms with van der Waals surface area (Å²) in [4.78, 5) is 4.39. The number of unbranched alkanes of at least 4 members (excludes halogenated alkanes) is 3. The molecular formula is C17H25NO. The molecule has 0 aliphatic heterocycles. The molecule has 0 aliphatic carbocycles. The molecule has 0 amide bonds. The van der Waals surface area contributed by atoms with E-state index in [1.54, 1.807) is 0 Å². The first-order chi connectivity index (χ1) is 9.36. The van der Waals surface area contributed by atoms with Gasteiger partial charge >= 0.3 is 0 Å². The summed E-state index contributed by atoms with van der Waals surface area (Å²) in [6.45, 7) is 2.30. The number of nitrogens with zero attached hydrogens (tertiary/aromatic N) is 1. The lowest BCUT2D eigenvalue weighted by Crippen LogP contribution is -2.13. The summed E-state index contributed by atoms with van der Waals surface area (Å²) in [5, 5.41) is 9.32. The van der Waals surface area contributed by atoms with Crippen LogP contribution in [0.3, 0.4) is 0 Å². The van der Waals surface area contributed by atoms with E-state index in [9.17, 15) is 5.11 Å². The Hall–Kier alpha value is -1.41. The Labute approximate surface area is 116 Å². The minimum absolute atomic E-state index is 0.0392. The zero-order valence-corrected chi connectivity index (χ0v) is 11.8. The molecule has 0 radical (unpaired) electrons. The Balaban J connectivity index is 2.31. The van der Waals surface area contributed by atoms with Crippen LogP contribution in [0.25, 0.3) is 0 Å². The largest absolute Gasteiger partial charge is 0.394 e. The Bertz CT molecular complexity index is 370. The van der Waals surface area contributed by atoms with Gasteiger partial charge in [-0.05, 0) is 30.9 Å². The molecule has 0 saturated carbocycles. The summed E-state index contributed by atoms with van der Waals surface area (Å²) in [6.07, 6.45) is 11.6. The SMILES string of the molecule is CCCCC/C=C/C=N[C@H](CO)Cc1ccccc1. The number of aliphatic hydroxyl groups excluding tert-OH is 1. The predicted octanol–water partition coefficient (Wildman–Crippen LogP) is 3.80. The fourth-order valence-corrected chi connectivity index (χ4v) is 1.89. The molecule has 19 heavy (non-hydrogen) atoms. The molecule has 0 saturated heterocycles. The van der Waals surface area contributed by atoms with Gasteiger partial charge in [0.25, 0.3) is 0 Å². The average molecular weight is 259 g/mol. The number of hydrogen-bond acceptors (Lipinski definition) is 2. The number of benzene rings is 1. The Morgan fingerprint density at radius 2 is 2.00 bits per heavy atom. The Kier molecular flexibility index (Phi) is 8.65. The number of rotatable bonds is 9. The summed E-state index contributed by atoms with van der Waals surface area (Å²) >= 11 is 0. The van der Waals surface area contributed by atoms with Crippen LogP contribution in [0.4, 0.5) is 0 Å². The molecule has 2 heteroatoms. The second kappa shape index (κ2) is 10.5. The van der Waals surface area contributed by atoms with Crippen molar-refractivity contribution in [3.8, 4) is 0 Å². The van der Waals surface area contributed by atoms with E-state index in [-0.39, 0.29) is 12.6 Å². The standard InChI is InChI=1S/C17H25NO/c1-2-3-4-5-6-10-13-18-17(15-19)14-16-11-8-7-9-12-16/h6-13,17,19H,2-5,14-15H2,1H3/b10-6+,18-13?/t17-/m0/s1. The highest BCUT2D eigenvalue weighted by Crippen LogP contribution is 2.05. The third-order valence-corrected chi connectivity index (χ3v) is 3.02. The van der Waals surface area contributed by atoms with E-state index in [0.717, 1.165) is 12.8 Å². The third-order valence-electron chi connectivity index (χ3n) is 3.02. The quantitative estimate of drug-likeness (QED) is 0.531. The van der Waals surface area contributed by atoms with Gasteiger partial charge in [-0.3, -0.25) is 4.99 Å². The minimum atomic E-state index is -0.0392. The number of allylic oxidation sites excluding steroid dienone is 2. The molecular weight excluding hydrogens is 234 g/mol. The summed E-state index contributed by atoms with van der Waals surface area (Å²) < 4.78 is 0. The van der Waals surface area contributed by atoms with Crippen molar-refractivity contribution in [3.63, 3.8) is 0 Å². The zero-order valence-electron chi connectivity index (χ0n) is 11.8. The van der Waals surface area contributed by atoms with E-state index in [0.29, 0.717) is 0 Å². The van der Waals surface area contributed by atoms with Crippen LogP contribution in [0.2, 0.25) is 0 Å². The number of aliphatic hydroxyl groups is 1. The average Bonchev–Trinajstić information content (AvgIpc) is 2.46. The molecule has 1 N–H and O–H groups in total. The Morgan fingerprint density at radius 3 is 2.68 bits per heavy atom. The number of aliphatic imine (C=N–C) groups is 1. The summed E-state index contributed by atoms with van der Waals surface area (Å²) in [5.74, 6) is 0. The molecule has 0 unspecified atom stereocenters. The lowest BCUT2D eigenvalue weighted by atomic mass is 10.1. The van der Waals surface area contributed by atoms with Gasteiger partial charge in [0, 0.05) is 6.21 Å². The summed E-state index contributed by atoms with van der Waals surface area (Å²) in [7, 11) is 0. The molecule has 104 valence electrons. The number of hydrogen-bond donors (Lipinski definition) is 1. The van der Waals surface area contributed by atoms with Gasteiger partial charge in [0.2, 0.25) is 0 Å². The van der Waals surface area contributed by atoms with E-state index in [2.05, 4.69) is 30.1 Å². The Morgan fingerprint density at radius 1 is 1.21 bits per heavy atom. The van der Waals surface area contributed by atoms with Crippen LogP contribution in [-0.2, 0) is 6.42 Å². The first kappa shape index (κ1) is 15.6. The second-order valence-electron chi connectivity index (χ2n) is 4.75. The van der Waals surface area contributed by atoms with Gasteiger partial charge in [-0.15, -0.1) is 0 Å². The highest BCUT2D eigenvalue weighted by molar-refractivity contribution is 5.71. The molecule has 0 aliphatic rings. The monoisotopic (exact) mass is 259 g/mol. The second-order valence-corrected chi connectivity index (χ2v) is 4.75. The van der Waals surface area contributed by atoms with Crippen LogP contribution in [-0.4, -0.2) is 24.0 Å². The van der Waals surface area contributed by atoms with Crippen LogP contribution < -0.4 is 0 Å². The van der Waals surface area contributed by atoms with Crippen LogP contribution in [0.1, 0.15) is 38.2 Å². The topological polar surface area (TPSA) is 32.6 Å². The maximum Gasteiger partial charge on any atom is 0.0770 e. The molecule has 0 bridgehead atoms. The molecule has 1 rings (SSSR count). The highest BCUT2D eigenvalue weighted by atomic mass is 16.3. The molecule has 1 aromatic rings. The van der Waals surface area contributed by atoms with Crippen molar-refractivity contribution in [2.75, 3.05) is 6.61 Å². The van der Waals surface area contributed by atoms with Crippen molar-refractivity contribution in [1.82, 2.24) is 0 Å². The van der Waals surface area contributed by atoms with E-state index in [4.69, 9.17) is 0 Å². The molecule has 0 aromatic heterocycles. The van der Waals surface area contributed by atoms with Crippen molar-refractivity contribution in [2.45, 2.75) is 45.1 Å². The predicted molar refractivity (Wildman–Crippen MR) is 82.8 cm³/mol. The van der Waals surface area contributed by atoms with Crippen molar-refractivity contribution >= 4 is 6.21 Å². The summed E-state index contributed by atoms with van der Waals surface area (Å²) in [5.41, 5.74) is 1.21. The molecule has 1 atom stereocenters. The molecule has 2 nitrogen and oxygen atoms in total.